The monoisotopic (exact) mass is 338 g/mol. The zero-order valence-corrected chi connectivity index (χ0v) is 14.7. The molecule has 3 atom stereocenters. The molecule has 128 valence electrons. The zero-order valence-electron chi connectivity index (χ0n) is 13.9. The van der Waals surface area contributed by atoms with Crippen LogP contribution in [0.2, 0.25) is 0 Å². The number of nitrogens with one attached hydrogen (secondary N) is 1. The quantitative estimate of drug-likeness (QED) is 0.904. The molecule has 0 aliphatic carbocycles. The third-order valence-electron chi connectivity index (χ3n) is 4.95. The van der Waals surface area contributed by atoms with E-state index < -0.39 is 9.84 Å². The lowest BCUT2D eigenvalue weighted by atomic mass is 10.0. The van der Waals surface area contributed by atoms with Crippen molar-refractivity contribution in [3.63, 3.8) is 0 Å². The van der Waals surface area contributed by atoms with Gasteiger partial charge in [0.15, 0.2) is 9.84 Å². The van der Waals surface area contributed by atoms with Gasteiger partial charge in [-0.2, -0.15) is 0 Å². The van der Waals surface area contributed by atoms with Gasteiger partial charge in [0.1, 0.15) is 0 Å². The maximum absolute atomic E-state index is 12.2. The molecule has 5 nitrogen and oxygen atoms in total. The maximum atomic E-state index is 12.2. The van der Waals surface area contributed by atoms with Gasteiger partial charge in [0.05, 0.1) is 23.9 Å². The van der Waals surface area contributed by atoms with Gasteiger partial charge in [0.2, 0.25) is 0 Å². The van der Waals surface area contributed by atoms with Crippen LogP contribution in [-0.4, -0.2) is 57.5 Å². The molecular weight excluding hydrogens is 312 g/mol. The lowest BCUT2D eigenvalue weighted by Crippen LogP contribution is -2.51. The van der Waals surface area contributed by atoms with Crippen LogP contribution in [0, 0.1) is 0 Å². The molecule has 6 heteroatoms. The Morgan fingerprint density at radius 2 is 2.17 bits per heavy atom. The lowest BCUT2D eigenvalue weighted by molar-refractivity contribution is -0.0185. The molecule has 0 amide bonds. The number of hydrogen-bond donors (Lipinski definition) is 1. The van der Waals surface area contributed by atoms with Gasteiger partial charge >= 0.3 is 0 Å². The predicted molar refractivity (Wildman–Crippen MR) is 90.3 cm³/mol. The summed E-state index contributed by atoms with van der Waals surface area (Å²) in [5.41, 5.74) is 0.918. The van der Waals surface area contributed by atoms with Gasteiger partial charge in [0, 0.05) is 31.2 Å². The fourth-order valence-electron chi connectivity index (χ4n) is 3.63. The fraction of sp³-hybridized carbons (Fsp3) is 0.647. The molecule has 1 aromatic carbocycles. The van der Waals surface area contributed by atoms with Gasteiger partial charge in [-0.1, -0.05) is 18.2 Å². The SMILES string of the molecule is C[C@H](CN[C@H]1CCS(=O)(=O)c2ccccc21)N1CCOC[C@H]1C. The summed E-state index contributed by atoms with van der Waals surface area (Å²) < 4.78 is 29.9. The van der Waals surface area contributed by atoms with Crippen molar-refractivity contribution >= 4 is 9.84 Å². The molecule has 23 heavy (non-hydrogen) atoms. The molecule has 1 aromatic rings. The molecule has 0 aromatic heterocycles. The van der Waals surface area contributed by atoms with E-state index in [0.717, 1.165) is 31.9 Å². The molecule has 1 fully saturated rings. The number of benzene rings is 1. The first-order valence-corrected chi connectivity index (χ1v) is 10.0. The topological polar surface area (TPSA) is 58.6 Å². The van der Waals surface area contributed by atoms with Gasteiger partial charge in [-0.15, -0.1) is 0 Å². The molecule has 0 radical (unpaired) electrons. The van der Waals surface area contributed by atoms with E-state index in [1.807, 2.05) is 12.1 Å². The minimum Gasteiger partial charge on any atom is -0.379 e. The van der Waals surface area contributed by atoms with E-state index in [1.165, 1.54) is 0 Å². The minimum atomic E-state index is -3.11. The van der Waals surface area contributed by atoms with Crippen LogP contribution in [0.1, 0.15) is 31.9 Å². The number of morpholine rings is 1. The van der Waals surface area contributed by atoms with E-state index in [9.17, 15) is 8.42 Å². The normalized spacial score (nSPS) is 29.0. The molecule has 2 heterocycles. The van der Waals surface area contributed by atoms with E-state index in [2.05, 4.69) is 24.1 Å². The van der Waals surface area contributed by atoms with Crippen molar-refractivity contribution in [2.45, 2.75) is 43.3 Å². The highest BCUT2D eigenvalue weighted by Crippen LogP contribution is 2.31. The van der Waals surface area contributed by atoms with Crippen LogP contribution in [0.4, 0.5) is 0 Å². The number of nitrogens with zero attached hydrogens (tertiary/aromatic N) is 1. The van der Waals surface area contributed by atoms with E-state index in [1.54, 1.807) is 12.1 Å². The Bertz CT molecular complexity index is 647. The zero-order chi connectivity index (χ0) is 16.4. The first-order chi connectivity index (χ1) is 11.0. The van der Waals surface area contributed by atoms with Gasteiger partial charge in [-0.25, -0.2) is 8.42 Å². The molecule has 0 bridgehead atoms. The summed E-state index contributed by atoms with van der Waals surface area (Å²) >= 11 is 0. The Morgan fingerprint density at radius 3 is 2.96 bits per heavy atom. The molecule has 0 saturated carbocycles. The Hall–Kier alpha value is -0.950. The van der Waals surface area contributed by atoms with Crippen LogP contribution in [0.3, 0.4) is 0 Å². The van der Waals surface area contributed by atoms with Crippen LogP contribution in [0.25, 0.3) is 0 Å². The number of rotatable bonds is 4. The largest absolute Gasteiger partial charge is 0.379 e. The van der Waals surface area contributed by atoms with Gasteiger partial charge in [0.25, 0.3) is 0 Å². The Labute approximate surface area is 138 Å². The van der Waals surface area contributed by atoms with Gasteiger partial charge in [-0.3, -0.25) is 4.90 Å². The summed E-state index contributed by atoms with van der Waals surface area (Å²) in [5.74, 6) is 0.226. The second-order valence-electron chi connectivity index (χ2n) is 6.62. The van der Waals surface area contributed by atoms with Crippen LogP contribution in [-0.2, 0) is 14.6 Å². The molecule has 0 spiro atoms. The van der Waals surface area contributed by atoms with Crippen molar-refractivity contribution in [3.8, 4) is 0 Å². The second kappa shape index (κ2) is 6.89. The summed E-state index contributed by atoms with van der Waals surface area (Å²) in [6.45, 7) is 7.80. The Morgan fingerprint density at radius 1 is 1.39 bits per heavy atom. The van der Waals surface area contributed by atoms with Crippen molar-refractivity contribution in [1.29, 1.82) is 0 Å². The van der Waals surface area contributed by atoms with Crippen LogP contribution < -0.4 is 5.32 Å². The van der Waals surface area contributed by atoms with Crippen LogP contribution in [0.5, 0.6) is 0 Å². The summed E-state index contributed by atoms with van der Waals surface area (Å²) in [5, 5.41) is 3.59. The number of fused-ring (bicyclic) bond motifs is 1. The highest BCUT2D eigenvalue weighted by atomic mass is 32.2. The number of hydrogen-bond acceptors (Lipinski definition) is 5. The molecule has 0 unspecified atom stereocenters. The summed E-state index contributed by atoms with van der Waals surface area (Å²) in [6, 6.07) is 8.34. The molecular formula is C17H26N2O3S. The standard InChI is InChI=1S/C17H26N2O3S/c1-13(19-8-9-22-12-14(19)2)11-18-16-7-10-23(20,21)17-6-4-3-5-15(16)17/h3-6,13-14,16,18H,7-12H2,1-2H3/t13-,14-,16+/m1/s1. The lowest BCUT2D eigenvalue weighted by Gasteiger charge is -2.38. The molecule has 1 N–H and O–H groups in total. The highest BCUT2D eigenvalue weighted by Gasteiger charge is 2.30. The summed E-state index contributed by atoms with van der Waals surface area (Å²) in [7, 11) is -3.11. The van der Waals surface area contributed by atoms with Crippen molar-refractivity contribution < 1.29 is 13.2 Å². The first kappa shape index (κ1) is 16.9. The van der Waals surface area contributed by atoms with E-state index in [4.69, 9.17) is 4.74 Å². The van der Waals surface area contributed by atoms with E-state index >= 15 is 0 Å². The molecule has 2 aliphatic heterocycles. The van der Waals surface area contributed by atoms with E-state index in [-0.39, 0.29) is 11.8 Å². The van der Waals surface area contributed by atoms with Crippen molar-refractivity contribution in [2.24, 2.45) is 0 Å². The van der Waals surface area contributed by atoms with Gasteiger partial charge in [-0.05, 0) is 31.9 Å². The second-order valence-corrected chi connectivity index (χ2v) is 8.69. The maximum Gasteiger partial charge on any atom is 0.178 e. The van der Waals surface area contributed by atoms with Crippen molar-refractivity contribution in [3.05, 3.63) is 29.8 Å². The third-order valence-corrected chi connectivity index (χ3v) is 6.76. The molecule has 2 aliphatic rings. The van der Waals surface area contributed by atoms with Gasteiger partial charge < -0.3 is 10.1 Å². The molecule has 1 saturated heterocycles. The fourth-order valence-corrected chi connectivity index (χ4v) is 5.25. The third kappa shape index (κ3) is 3.60. The number of ether oxygens (including phenoxy) is 1. The Balaban J connectivity index is 1.67. The van der Waals surface area contributed by atoms with Crippen molar-refractivity contribution in [1.82, 2.24) is 10.2 Å². The van der Waals surface area contributed by atoms with Crippen LogP contribution >= 0.6 is 0 Å². The smallest absolute Gasteiger partial charge is 0.178 e. The first-order valence-electron chi connectivity index (χ1n) is 8.37. The van der Waals surface area contributed by atoms with E-state index in [0.29, 0.717) is 23.4 Å². The average Bonchev–Trinajstić information content (AvgIpc) is 2.54. The van der Waals surface area contributed by atoms with Crippen molar-refractivity contribution in [2.75, 3.05) is 32.1 Å². The Kier molecular flexibility index (Phi) is 5.06. The van der Waals surface area contributed by atoms with Crippen LogP contribution in [0.15, 0.2) is 29.2 Å². The number of sulfone groups is 1. The summed E-state index contributed by atoms with van der Waals surface area (Å²) in [4.78, 5) is 2.96. The highest BCUT2D eigenvalue weighted by molar-refractivity contribution is 7.91. The summed E-state index contributed by atoms with van der Waals surface area (Å²) in [6.07, 6.45) is 0.644. The average molecular weight is 338 g/mol. The molecule has 3 rings (SSSR count). The minimum absolute atomic E-state index is 0.119. The predicted octanol–water partition coefficient (Wildman–Crippen LogP) is 1.60.